The van der Waals surface area contributed by atoms with Crippen molar-refractivity contribution in [2.75, 3.05) is 0 Å². The Morgan fingerprint density at radius 3 is 2.80 bits per heavy atom. The molecule has 0 aliphatic rings. The van der Waals surface area contributed by atoms with Crippen LogP contribution in [0.15, 0.2) is 29.2 Å². The SMILES string of the molecule is CC(C)(C#N)CCCn1ccccc1=O. The van der Waals surface area contributed by atoms with Gasteiger partial charge >= 0.3 is 0 Å². The summed E-state index contributed by atoms with van der Waals surface area (Å²) in [5, 5.41) is 8.83. The quantitative estimate of drug-likeness (QED) is 0.754. The third-order valence-corrected chi connectivity index (χ3v) is 2.40. The maximum atomic E-state index is 11.3. The molecule has 1 aromatic rings. The molecule has 0 N–H and O–H groups in total. The number of hydrogen-bond acceptors (Lipinski definition) is 2. The normalized spacial score (nSPS) is 11.0. The van der Waals surface area contributed by atoms with E-state index in [4.69, 9.17) is 5.26 Å². The van der Waals surface area contributed by atoms with Gasteiger partial charge in [0.25, 0.3) is 0 Å². The van der Waals surface area contributed by atoms with Crippen molar-refractivity contribution in [2.45, 2.75) is 33.2 Å². The minimum Gasteiger partial charge on any atom is -0.316 e. The highest BCUT2D eigenvalue weighted by molar-refractivity contribution is 4.94. The molecule has 0 aliphatic carbocycles. The van der Waals surface area contributed by atoms with Crippen LogP contribution in [0, 0.1) is 16.7 Å². The Labute approximate surface area is 90.0 Å². The van der Waals surface area contributed by atoms with Gasteiger partial charge in [0.15, 0.2) is 0 Å². The summed E-state index contributed by atoms with van der Waals surface area (Å²) in [5.41, 5.74) is -0.273. The van der Waals surface area contributed by atoms with E-state index in [0.29, 0.717) is 6.54 Å². The monoisotopic (exact) mass is 204 g/mol. The minimum absolute atomic E-state index is 0.0206. The van der Waals surface area contributed by atoms with E-state index in [1.54, 1.807) is 22.9 Å². The summed E-state index contributed by atoms with van der Waals surface area (Å²) in [6.45, 7) is 4.52. The van der Waals surface area contributed by atoms with Gasteiger partial charge in [0.2, 0.25) is 5.56 Å². The van der Waals surface area contributed by atoms with Crippen LogP contribution < -0.4 is 5.56 Å². The van der Waals surface area contributed by atoms with Crippen molar-refractivity contribution in [3.63, 3.8) is 0 Å². The molecule has 3 nitrogen and oxygen atoms in total. The summed E-state index contributed by atoms with van der Waals surface area (Å²) >= 11 is 0. The summed E-state index contributed by atoms with van der Waals surface area (Å²) in [4.78, 5) is 11.3. The molecule has 1 heterocycles. The third-order valence-electron chi connectivity index (χ3n) is 2.40. The number of nitriles is 1. The van der Waals surface area contributed by atoms with Gasteiger partial charge in [-0.05, 0) is 32.8 Å². The number of nitrogens with zero attached hydrogens (tertiary/aromatic N) is 2. The highest BCUT2D eigenvalue weighted by Crippen LogP contribution is 2.20. The molecule has 0 amide bonds. The highest BCUT2D eigenvalue weighted by atomic mass is 16.1. The van der Waals surface area contributed by atoms with E-state index < -0.39 is 0 Å². The highest BCUT2D eigenvalue weighted by Gasteiger charge is 2.15. The first-order chi connectivity index (χ1) is 7.05. The third kappa shape index (κ3) is 3.59. The molecule has 0 saturated heterocycles. The van der Waals surface area contributed by atoms with Gasteiger partial charge in [-0.2, -0.15) is 5.26 Å². The first kappa shape index (κ1) is 11.5. The maximum absolute atomic E-state index is 11.3. The van der Waals surface area contributed by atoms with Gasteiger partial charge in [-0.1, -0.05) is 6.07 Å². The smallest absolute Gasteiger partial charge is 0.250 e. The fraction of sp³-hybridized carbons (Fsp3) is 0.500. The van der Waals surface area contributed by atoms with Crippen LogP contribution in [0.3, 0.4) is 0 Å². The van der Waals surface area contributed by atoms with Crippen molar-refractivity contribution < 1.29 is 0 Å². The Kier molecular flexibility index (Phi) is 3.68. The zero-order valence-electron chi connectivity index (χ0n) is 9.23. The molecular formula is C12H16N2O. The van der Waals surface area contributed by atoms with E-state index in [1.807, 2.05) is 19.9 Å². The number of aryl methyl sites for hydroxylation is 1. The molecule has 3 heteroatoms. The molecule has 0 bridgehead atoms. The molecular weight excluding hydrogens is 188 g/mol. The van der Waals surface area contributed by atoms with Crippen LogP contribution in [0.2, 0.25) is 0 Å². The zero-order valence-corrected chi connectivity index (χ0v) is 9.23. The van der Waals surface area contributed by atoms with Gasteiger partial charge in [0.1, 0.15) is 0 Å². The van der Waals surface area contributed by atoms with Crippen molar-refractivity contribution in [1.29, 1.82) is 5.26 Å². The van der Waals surface area contributed by atoms with Gasteiger partial charge < -0.3 is 4.57 Å². The topological polar surface area (TPSA) is 45.8 Å². The van der Waals surface area contributed by atoms with Crippen LogP contribution in [0.5, 0.6) is 0 Å². The second-order valence-electron chi connectivity index (χ2n) is 4.33. The number of pyridine rings is 1. The first-order valence-electron chi connectivity index (χ1n) is 5.12. The molecule has 1 rings (SSSR count). The van der Waals surface area contributed by atoms with Crippen molar-refractivity contribution in [3.05, 3.63) is 34.7 Å². The van der Waals surface area contributed by atoms with Crippen molar-refractivity contribution in [1.82, 2.24) is 4.57 Å². The standard InChI is InChI=1S/C12H16N2O/c1-12(2,10-13)7-5-9-14-8-4-3-6-11(14)15/h3-4,6,8H,5,7,9H2,1-2H3. The number of aromatic nitrogens is 1. The Morgan fingerprint density at radius 2 is 2.20 bits per heavy atom. The van der Waals surface area contributed by atoms with Gasteiger partial charge in [0.05, 0.1) is 11.5 Å². The summed E-state index contributed by atoms with van der Waals surface area (Å²) in [5.74, 6) is 0. The Hall–Kier alpha value is -1.56. The van der Waals surface area contributed by atoms with Gasteiger partial charge in [-0.25, -0.2) is 0 Å². The molecule has 15 heavy (non-hydrogen) atoms. The molecule has 80 valence electrons. The average molecular weight is 204 g/mol. The fourth-order valence-corrected chi connectivity index (χ4v) is 1.39. The number of rotatable bonds is 4. The number of hydrogen-bond donors (Lipinski definition) is 0. The zero-order chi connectivity index (χ0) is 11.3. The predicted molar refractivity (Wildman–Crippen MR) is 59.3 cm³/mol. The molecule has 0 atom stereocenters. The van der Waals surface area contributed by atoms with Gasteiger partial charge in [-0.3, -0.25) is 4.79 Å². The molecule has 1 aromatic heterocycles. The molecule has 0 aliphatic heterocycles. The van der Waals surface area contributed by atoms with Crippen molar-refractivity contribution >= 4 is 0 Å². The Bertz CT molecular complexity index is 412. The average Bonchev–Trinajstić information content (AvgIpc) is 2.21. The van der Waals surface area contributed by atoms with E-state index in [-0.39, 0.29) is 11.0 Å². The Morgan fingerprint density at radius 1 is 1.47 bits per heavy atom. The minimum atomic E-state index is -0.293. The van der Waals surface area contributed by atoms with E-state index in [9.17, 15) is 4.79 Å². The van der Waals surface area contributed by atoms with E-state index >= 15 is 0 Å². The molecule has 0 aromatic carbocycles. The fourth-order valence-electron chi connectivity index (χ4n) is 1.39. The van der Waals surface area contributed by atoms with Crippen LogP contribution in [0.25, 0.3) is 0 Å². The van der Waals surface area contributed by atoms with Gasteiger partial charge in [-0.15, -0.1) is 0 Å². The molecule has 0 saturated carbocycles. The lowest BCUT2D eigenvalue weighted by Gasteiger charge is -2.14. The summed E-state index contributed by atoms with van der Waals surface area (Å²) in [6.07, 6.45) is 3.44. The van der Waals surface area contributed by atoms with Crippen LogP contribution in [0.1, 0.15) is 26.7 Å². The van der Waals surface area contributed by atoms with E-state index in [2.05, 4.69) is 6.07 Å². The lowest BCUT2D eigenvalue weighted by atomic mass is 9.90. The largest absolute Gasteiger partial charge is 0.316 e. The second kappa shape index (κ2) is 4.79. The summed E-state index contributed by atoms with van der Waals surface area (Å²) in [7, 11) is 0. The molecule has 0 unspecified atom stereocenters. The van der Waals surface area contributed by atoms with Crippen LogP contribution in [0.4, 0.5) is 0 Å². The lowest BCUT2D eigenvalue weighted by molar-refractivity contribution is 0.413. The predicted octanol–water partition coefficient (Wildman–Crippen LogP) is 2.18. The van der Waals surface area contributed by atoms with Crippen molar-refractivity contribution in [3.8, 4) is 6.07 Å². The molecule has 0 radical (unpaired) electrons. The summed E-state index contributed by atoms with van der Waals surface area (Å²) in [6, 6.07) is 7.38. The van der Waals surface area contributed by atoms with Gasteiger partial charge in [0, 0.05) is 18.8 Å². The second-order valence-corrected chi connectivity index (χ2v) is 4.33. The maximum Gasteiger partial charge on any atom is 0.250 e. The molecule has 0 fully saturated rings. The first-order valence-corrected chi connectivity index (χ1v) is 5.12. The van der Waals surface area contributed by atoms with E-state index in [1.165, 1.54) is 0 Å². The molecule has 0 spiro atoms. The van der Waals surface area contributed by atoms with E-state index in [0.717, 1.165) is 12.8 Å². The van der Waals surface area contributed by atoms with Crippen LogP contribution >= 0.6 is 0 Å². The lowest BCUT2D eigenvalue weighted by Crippen LogP contribution is -2.19. The van der Waals surface area contributed by atoms with Crippen molar-refractivity contribution in [2.24, 2.45) is 5.41 Å². The van der Waals surface area contributed by atoms with Crippen LogP contribution in [-0.4, -0.2) is 4.57 Å². The summed E-state index contributed by atoms with van der Waals surface area (Å²) < 4.78 is 1.67. The van der Waals surface area contributed by atoms with Crippen LogP contribution in [-0.2, 0) is 6.54 Å². The Balaban J connectivity index is 2.50.